The third-order valence-corrected chi connectivity index (χ3v) is 5.12. The van der Waals surface area contributed by atoms with Gasteiger partial charge >= 0.3 is 0 Å². The van der Waals surface area contributed by atoms with Crippen LogP contribution in [0.1, 0.15) is 30.4 Å². The zero-order chi connectivity index (χ0) is 18.3. The largest absolute Gasteiger partial charge is 0.326 e. The van der Waals surface area contributed by atoms with Crippen LogP contribution in [0.5, 0.6) is 0 Å². The van der Waals surface area contributed by atoms with Gasteiger partial charge in [0.2, 0.25) is 11.8 Å². The fraction of sp³-hybridized carbons (Fsp3) is 0.300. The molecule has 2 amide bonds. The highest BCUT2D eigenvalue weighted by Crippen LogP contribution is 2.49. The monoisotopic (exact) mass is 356 g/mol. The SMILES string of the molecule is O=C1CCc2cc(NC(=O)C3CC(F)(c4cccc(F)c4)C3)ccc2N1. The fourth-order valence-corrected chi connectivity index (χ4v) is 3.62. The molecule has 1 fully saturated rings. The van der Waals surface area contributed by atoms with Crippen LogP contribution in [-0.4, -0.2) is 11.8 Å². The van der Waals surface area contributed by atoms with Gasteiger partial charge < -0.3 is 10.6 Å². The molecule has 2 aromatic carbocycles. The van der Waals surface area contributed by atoms with Crippen LogP contribution in [-0.2, 0) is 21.7 Å². The van der Waals surface area contributed by atoms with Crippen molar-refractivity contribution < 1.29 is 18.4 Å². The standard InChI is InChI=1S/C20H18F2N2O2/c21-15-3-1-2-14(9-15)20(22)10-13(11-20)19(26)23-16-5-6-17-12(8-16)4-7-18(25)24-17/h1-3,5-6,8-9,13H,4,7,10-11H2,(H,23,26)(H,24,25). The van der Waals surface area contributed by atoms with E-state index >= 15 is 0 Å². The molecule has 1 heterocycles. The summed E-state index contributed by atoms with van der Waals surface area (Å²) < 4.78 is 28.1. The predicted molar refractivity (Wildman–Crippen MR) is 93.9 cm³/mol. The summed E-state index contributed by atoms with van der Waals surface area (Å²) in [7, 11) is 0. The van der Waals surface area contributed by atoms with Crippen LogP contribution >= 0.6 is 0 Å². The van der Waals surface area contributed by atoms with Gasteiger partial charge in [-0.2, -0.15) is 0 Å². The third kappa shape index (κ3) is 3.07. The van der Waals surface area contributed by atoms with Crippen LogP contribution in [0, 0.1) is 11.7 Å². The average Bonchev–Trinajstić information content (AvgIpc) is 2.59. The minimum absolute atomic E-state index is 0.0135. The Kier molecular flexibility index (Phi) is 3.98. The number of nitrogens with one attached hydrogen (secondary N) is 2. The molecule has 0 unspecified atom stereocenters. The highest BCUT2D eigenvalue weighted by molar-refractivity contribution is 5.96. The Hall–Kier alpha value is -2.76. The van der Waals surface area contributed by atoms with Gasteiger partial charge in [-0.25, -0.2) is 8.78 Å². The molecule has 4 nitrogen and oxygen atoms in total. The first-order valence-corrected chi connectivity index (χ1v) is 8.61. The fourth-order valence-electron chi connectivity index (χ4n) is 3.62. The van der Waals surface area contributed by atoms with Gasteiger partial charge in [-0.3, -0.25) is 9.59 Å². The molecule has 0 spiro atoms. The second kappa shape index (κ2) is 6.20. The molecule has 1 saturated carbocycles. The lowest BCUT2D eigenvalue weighted by atomic mass is 9.68. The smallest absolute Gasteiger partial charge is 0.227 e. The topological polar surface area (TPSA) is 58.2 Å². The number of fused-ring (bicyclic) bond motifs is 1. The van der Waals surface area contributed by atoms with Crippen molar-refractivity contribution in [2.24, 2.45) is 5.92 Å². The summed E-state index contributed by atoms with van der Waals surface area (Å²) >= 11 is 0. The van der Waals surface area contributed by atoms with Gasteiger partial charge in [0.1, 0.15) is 11.5 Å². The quantitative estimate of drug-likeness (QED) is 0.876. The Morgan fingerprint density at radius 1 is 1.15 bits per heavy atom. The van der Waals surface area contributed by atoms with Gasteiger partial charge in [0.15, 0.2) is 0 Å². The Morgan fingerprint density at radius 2 is 1.96 bits per heavy atom. The predicted octanol–water partition coefficient (Wildman–Crippen LogP) is 3.92. The van der Waals surface area contributed by atoms with Crippen molar-refractivity contribution in [3.63, 3.8) is 0 Å². The number of amides is 2. The van der Waals surface area contributed by atoms with Crippen molar-refractivity contribution in [1.82, 2.24) is 0 Å². The van der Waals surface area contributed by atoms with E-state index in [9.17, 15) is 18.4 Å². The lowest BCUT2D eigenvalue weighted by Crippen LogP contribution is -2.43. The number of hydrogen-bond acceptors (Lipinski definition) is 2. The van der Waals surface area contributed by atoms with E-state index in [2.05, 4.69) is 10.6 Å². The van der Waals surface area contributed by atoms with Gasteiger partial charge in [0, 0.05) is 23.7 Å². The second-order valence-corrected chi connectivity index (χ2v) is 6.99. The Morgan fingerprint density at radius 3 is 2.73 bits per heavy atom. The van der Waals surface area contributed by atoms with E-state index in [1.165, 1.54) is 18.2 Å². The van der Waals surface area contributed by atoms with Crippen molar-refractivity contribution in [3.05, 3.63) is 59.4 Å². The van der Waals surface area contributed by atoms with Gasteiger partial charge in [0.05, 0.1) is 0 Å². The van der Waals surface area contributed by atoms with Gasteiger partial charge in [-0.05, 0) is 60.7 Å². The van der Waals surface area contributed by atoms with E-state index in [0.29, 0.717) is 18.5 Å². The Balaban J connectivity index is 1.40. The maximum Gasteiger partial charge on any atom is 0.227 e. The van der Waals surface area contributed by atoms with Crippen molar-refractivity contribution >= 4 is 23.2 Å². The molecular formula is C20H18F2N2O2. The minimum Gasteiger partial charge on any atom is -0.326 e. The summed E-state index contributed by atoms with van der Waals surface area (Å²) in [5.41, 5.74) is 0.995. The molecule has 2 aliphatic rings. The summed E-state index contributed by atoms with van der Waals surface area (Å²) in [5, 5.41) is 5.60. The van der Waals surface area contributed by atoms with Crippen LogP contribution in [0.4, 0.5) is 20.2 Å². The third-order valence-electron chi connectivity index (χ3n) is 5.12. The highest BCUT2D eigenvalue weighted by Gasteiger charge is 2.49. The number of anilines is 2. The van der Waals surface area contributed by atoms with Crippen LogP contribution < -0.4 is 10.6 Å². The molecule has 0 saturated heterocycles. The number of carbonyl (C=O) groups excluding carboxylic acids is 2. The molecule has 26 heavy (non-hydrogen) atoms. The van der Waals surface area contributed by atoms with E-state index in [1.54, 1.807) is 18.2 Å². The van der Waals surface area contributed by atoms with Gasteiger partial charge in [0.25, 0.3) is 0 Å². The number of alkyl halides is 1. The molecule has 0 aromatic heterocycles. The molecule has 134 valence electrons. The normalized spacial score (nSPS) is 24.2. The summed E-state index contributed by atoms with van der Waals surface area (Å²) in [5.74, 6) is -1.18. The summed E-state index contributed by atoms with van der Waals surface area (Å²) in [6.07, 6.45) is 1.14. The van der Waals surface area contributed by atoms with E-state index < -0.39 is 17.4 Å². The molecule has 1 aliphatic heterocycles. The Labute approximate surface area is 149 Å². The molecule has 2 aromatic rings. The summed E-state index contributed by atoms with van der Waals surface area (Å²) in [4.78, 5) is 23.8. The number of halogens is 2. The van der Waals surface area contributed by atoms with E-state index in [1.807, 2.05) is 6.07 Å². The molecule has 2 N–H and O–H groups in total. The molecule has 1 aliphatic carbocycles. The molecule has 4 rings (SSSR count). The number of rotatable bonds is 3. The molecular weight excluding hydrogens is 338 g/mol. The maximum atomic E-state index is 14.8. The molecule has 0 bridgehead atoms. The number of hydrogen-bond donors (Lipinski definition) is 2. The molecule has 0 atom stereocenters. The zero-order valence-electron chi connectivity index (χ0n) is 14.0. The molecule has 0 radical (unpaired) electrons. The first kappa shape index (κ1) is 16.7. The number of carbonyl (C=O) groups is 2. The van der Waals surface area contributed by atoms with Crippen molar-refractivity contribution in [2.75, 3.05) is 10.6 Å². The van der Waals surface area contributed by atoms with Crippen molar-refractivity contribution in [1.29, 1.82) is 0 Å². The van der Waals surface area contributed by atoms with Crippen LogP contribution in [0.2, 0.25) is 0 Å². The zero-order valence-corrected chi connectivity index (χ0v) is 14.0. The lowest BCUT2D eigenvalue weighted by Gasteiger charge is -2.40. The van der Waals surface area contributed by atoms with Crippen molar-refractivity contribution in [3.8, 4) is 0 Å². The summed E-state index contributed by atoms with van der Waals surface area (Å²) in [6.45, 7) is 0. The first-order chi connectivity index (χ1) is 12.4. The van der Waals surface area contributed by atoms with Crippen LogP contribution in [0.25, 0.3) is 0 Å². The summed E-state index contributed by atoms with van der Waals surface area (Å²) in [6, 6.07) is 10.8. The number of aryl methyl sites for hydroxylation is 1. The van der Waals surface area contributed by atoms with Gasteiger partial charge in [-0.1, -0.05) is 12.1 Å². The maximum absolute atomic E-state index is 14.8. The first-order valence-electron chi connectivity index (χ1n) is 8.61. The van der Waals surface area contributed by atoms with E-state index in [0.717, 1.165) is 11.3 Å². The lowest BCUT2D eigenvalue weighted by molar-refractivity contribution is -0.129. The van der Waals surface area contributed by atoms with E-state index in [4.69, 9.17) is 0 Å². The van der Waals surface area contributed by atoms with Crippen LogP contribution in [0.3, 0.4) is 0 Å². The molecule has 6 heteroatoms. The van der Waals surface area contributed by atoms with Gasteiger partial charge in [-0.15, -0.1) is 0 Å². The Bertz CT molecular complexity index is 891. The van der Waals surface area contributed by atoms with Crippen molar-refractivity contribution in [2.45, 2.75) is 31.4 Å². The van der Waals surface area contributed by atoms with E-state index in [-0.39, 0.29) is 30.2 Å². The highest BCUT2D eigenvalue weighted by atomic mass is 19.1. The van der Waals surface area contributed by atoms with Crippen LogP contribution in [0.15, 0.2) is 42.5 Å². The number of benzene rings is 2. The second-order valence-electron chi connectivity index (χ2n) is 6.99. The average molecular weight is 356 g/mol. The minimum atomic E-state index is -1.65.